The Balaban J connectivity index is 1.94. The molecule has 3 nitrogen and oxygen atoms in total. The SMILES string of the molecule is CC(C)(C)c1ccc(C(=O)NCC2(O)CCCCC2)cc1. The van der Waals surface area contributed by atoms with Crippen LogP contribution >= 0.6 is 0 Å². The van der Waals surface area contributed by atoms with Gasteiger partial charge in [0.25, 0.3) is 5.91 Å². The summed E-state index contributed by atoms with van der Waals surface area (Å²) < 4.78 is 0. The van der Waals surface area contributed by atoms with Gasteiger partial charge in [-0.15, -0.1) is 0 Å². The molecule has 1 amide bonds. The van der Waals surface area contributed by atoms with Gasteiger partial charge in [0, 0.05) is 12.1 Å². The number of amides is 1. The number of carbonyl (C=O) groups is 1. The Bertz CT molecular complexity index is 479. The van der Waals surface area contributed by atoms with Gasteiger partial charge >= 0.3 is 0 Å². The first-order valence-corrected chi connectivity index (χ1v) is 7.91. The molecule has 2 N–H and O–H groups in total. The maximum Gasteiger partial charge on any atom is 0.251 e. The third kappa shape index (κ3) is 4.31. The van der Waals surface area contributed by atoms with Gasteiger partial charge in [-0.1, -0.05) is 52.2 Å². The molecule has 1 aliphatic carbocycles. The first kappa shape index (κ1) is 16.0. The van der Waals surface area contributed by atoms with Gasteiger partial charge < -0.3 is 10.4 Å². The van der Waals surface area contributed by atoms with Gasteiger partial charge in [-0.05, 0) is 36.0 Å². The topological polar surface area (TPSA) is 49.3 Å². The minimum atomic E-state index is -0.709. The normalized spacial score (nSPS) is 18.3. The van der Waals surface area contributed by atoms with Gasteiger partial charge in [0.15, 0.2) is 0 Å². The fourth-order valence-corrected chi connectivity index (χ4v) is 2.86. The molecule has 0 atom stereocenters. The number of hydrogen-bond acceptors (Lipinski definition) is 2. The largest absolute Gasteiger partial charge is 0.388 e. The molecule has 0 radical (unpaired) electrons. The number of benzene rings is 1. The van der Waals surface area contributed by atoms with Crippen molar-refractivity contribution in [1.29, 1.82) is 0 Å². The van der Waals surface area contributed by atoms with Crippen LogP contribution in [0.25, 0.3) is 0 Å². The lowest BCUT2D eigenvalue weighted by atomic mass is 9.85. The van der Waals surface area contributed by atoms with Crippen LogP contribution in [0.15, 0.2) is 24.3 Å². The number of aliphatic hydroxyl groups is 1. The van der Waals surface area contributed by atoms with Crippen LogP contribution in [-0.4, -0.2) is 23.2 Å². The van der Waals surface area contributed by atoms with Crippen LogP contribution < -0.4 is 5.32 Å². The maximum atomic E-state index is 12.2. The van der Waals surface area contributed by atoms with Gasteiger partial charge in [-0.2, -0.15) is 0 Å². The molecule has 0 saturated heterocycles. The number of nitrogens with one attached hydrogen (secondary N) is 1. The van der Waals surface area contributed by atoms with E-state index in [4.69, 9.17) is 0 Å². The molecule has 1 aromatic carbocycles. The third-order valence-electron chi connectivity index (χ3n) is 4.38. The van der Waals surface area contributed by atoms with E-state index in [0.29, 0.717) is 12.1 Å². The molecule has 2 rings (SSSR count). The molecule has 1 fully saturated rings. The number of rotatable bonds is 3. The summed E-state index contributed by atoms with van der Waals surface area (Å²) in [6, 6.07) is 7.73. The Morgan fingerprint density at radius 1 is 1.14 bits per heavy atom. The molecule has 0 aromatic heterocycles. The highest BCUT2D eigenvalue weighted by Gasteiger charge is 2.29. The minimum absolute atomic E-state index is 0.0895. The Morgan fingerprint density at radius 2 is 1.71 bits per heavy atom. The number of carbonyl (C=O) groups excluding carboxylic acids is 1. The predicted molar refractivity (Wildman–Crippen MR) is 85.5 cm³/mol. The molecular weight excluding hydrogens is 262 g/mol. The first-order chi connectivity index (χ1) is 9.80. The Kier molecular flexibility index (Phi) is 4.72. The van der Waals surface area contributed by atoms with E-state index in [1.807, 2.05) is 24.3 Å². The fourth-order valence-electron chi connectivity index (χ4n) is 2.86. The Labute approximate surface area is 127 Å². The molecule has 1 saturated carbocycles. The molecule has 116 valence electrons. The molecule has 3 heteroatoms. The first-order valence-electron chi connectivity index (χ1n) is 7.91. The highest BCUT2D eigenvalue weighted by atomic mass is 16.3. The van der Waals surface area contributed by atoms with Gasteiger partial charge in [-0.3, -0.25) is 4.79 Å². The second-order valence-electron chi connectivity index (χ2n) is 7.30. The zero-order valence-electron chi connectivity index (χ0n) is 13.4. The summed E-state index contributed by atoms with van der Waals surface area (Å²) in [6.07, 6.45) is 4.86. The molecule has 1 aromatic rings. The highest BCUT2D eigenvalue weighted by molar-refractivity contribution is 5.94. The van der Waals surface area contributed by atoms with E-state index in [1.165, 1.54) is 12.0 Å². The van der Waals surface area contributed by atoms with E-state index in [-0.39, 0.29) is 11.3 Å². The molecule has 1 aliphatic rings. The van der Waals surface area contributed by atoms with Crippen LogP contribution in [0.4, 0.5) is 0 Å². The van der Waals surface area contributed by atoms with Crippen LogP contribution in [0.1, 0.15) is 68.8 Å². The predicted octanol–water partition coefficient (Wildman–Crippen LogP) is 3.41. The van der Waals surface area contributed by atoms with E-state index < -0.39 is 5.60 Å². The summed E-state index contributed by atoms with van der Waals surface area (Å²) >= 11 is 0. The van der Waals surface area contributed by atoms with Crippen molar-refractivity contribution in [3.63, 3.8) is 0 Å². The molecular formula is C18H27NO2. The average molecular weight is 289 g/mol. The molecule has 0 heterocycles. The third-order valence-corrected chi connectivity index (χ3v) is 4.38. The van der Waals surface area contributed by atoms with E-state index >= 15 is 0 Å². The van der Waals surface area contributed by atoms with Crippen LogP contribution in [-0.2, 0) is 5.41 Å². The molecule has 0 unspecified atom stereocenters. The van der Waals surface area contributed by atoms with Gasteiger partial charge in [0.2, 0.25) is 0 Å². The van der Waals surface area contributed by atoms with Crippen molar-refractivity contribution < 1.29 is 9.90 Å². The summed E-state index contributed by atoms with van der Waals surface area (Å²) in [5.74, 6) is -0.102. The van der Waals surface area contributed by atoms with Crippen LogP contribution in [0.3, 0.4) is 0 Å². The van der Waals surface area contributed by atoms with Gasteiger partial charge in [-0.25, -0.2) is 0 Å². The van der Waals surface area contributed by atoms with Crippen molar-refractivity contribution >= 4 is 5.91 Å². The Morgan fingerprint density at radius 3 is 2.24 bits per heavy atom. The molecule has 0 bridgehead atoms. The number of hydrogen-bond donors (Lipinski definition) is 2. The monoisotopic (exact) mass is 289 g/mol. The van der Waals surface area contributed by atoms with Gasteiger partial charge in [0.05, 0.1) is 5.60 Å². The Hall–Kier alpha value is -1.35. The van der Waals surface area contributed by atoms with E-state index in [1.54, 1.807) is 0 Å². The molecule has 0 aliphatic heterocycles. The fraction of sp³-hybridized carbons (Fsp3) is 0.611. The zero-order valence-corrected chi connectivity index (χ0v) is 13.4. The lowest BCUT2D eigenvalue weighted by Crippen LogP contribution is -2.44. The lowest BCUT2D eigenvalue weighted by molar-refractivity contribution is 0.00526. The average Bonchev–Trinajstić information content (AvgIpc) is 2.45. The minimum Gasteiger partial charge on any atom is -0.388 e. The van der Waals surface area contributed by atoms with E-state index in [0.717, 1.165) is 25.7 Å². The van der Waals surface area contributed by atoms with Crippen molar-refractivity contribution in [3.05, 3.63) is 35.4 Å². The van der Waals surface area contributed by atoms with Crippen molar-refractivity contribution in [1.82, 2.24) is 5.32 Å². The standard InChI is InChI=1S/C18H27NO2/c1-17(2,3)15-9-7-14(8-10-15)16(20)19-13-18(21)11-5-4-6-12-18/h7-10,21H,4-6,11-13H2,1-3H3,(H,19,20). The summed E-state index contributed by atoms with van der Waals surface area (Å²) in [7, 11) is 0. The van der Waals surface area contributed by atoms with Crippen LogP contribution in [0, 0.1) is 0 Å². The quantitative estimate of drug-likeness (QED) is 0.896. The highest BCUT2D eigenvalue weighted by Crippen LogP contribution is 2.27. The van der Waals surface area contributed by atoms with Crippen molar-refractivity contribution in [2.75, 3.05) is 6.54 Å². The summed E-state index contributed by atoms with van der Waals surface area (Å²) in [5.41, 5.74) is 1.25. The zero-order chi connectivity index (χ0) is 15.5. The lowest BCUT2D eigenvalue weighted by Gasteiger charge is -2.32. The smallest absolute Gasteiger partial charge is 0.251 e. The maximum absolute atomic E-state index is 12.2. The summed E-state index contributed by atoms with van der Waals surface area (Å²) in [6.45, 7) is 6.81. The second-order valence-corrected chi connectivity index (χ2v) is 7.30. The van der Waals surface area contributed by atoms with Crippen LogP contribution in [0.5, 0.6) is 0 Å². The molecule has 0 spiro atoms. The van der Waals surface area contributed by atoms with E-state index in [2.05, 4.69) is 26.1 Å². The van der Waals surface area contributed by atoms with Crippen molar-refractivity contribution in [2.45, 2.75) is 63.9 Å². The summed E-state index contributed by atoms with van der Waals surface area (Å²) in [4.78, 5) is 12.2. The molecule has 21 heavy (non-hydrogen) atoms. The van der Waals surface area contributed by atoms with Crippen molar-refractivity contribution in [2.24, 2.45) is 0 Å². The van der Waals surface area contributed by atoms with Crippen molar-refractivity contribution in [3.8, 4) is 0 Å². The van der Waals surface area contributed by atoms with E-state index in [9.17, 15) is 9.90 Å². The van der Waals surface area contributed by atoms with Gasteiger partial charge in [0.1, 0.15) is 0 Å². The summed E-state index contributed by atoms with van der Waals surface area (Å²) in [5, 5.41) is 13.3. The second kappa shape index (κ2) is 6.18. The van der Waals surface area contributed by atoms with Crippen LogP contribution in [0.2, 0.25) is 0 Å².